The minimum absolute atomic E-state index is 0.0130. The molecule has 0 aliphatic carbocycles. The average Bonchev–Trinajstić information content (AvgIpc) is 3.01. The van der Waals surface area contributed by atoms with Gasteiger partial charge in [0.1, 0.15) is 11.9 Å². The fourth-order valence-corrected chi connectivity index (χ4v) is 5.74. The summed E-state index contributed by atoms with van der Waals surface area (Å²) in [5.74, 6) is 0.553. The van der Waals surface area contributed by atoms with E-state index in [1.807, 2.05) is 32.9 Å². The number of carbonyl (C=O) groups is 1. The number of benzene rings is 2. The Balaban J connectivity index is 1.50. The van der Waals surface area contributed by atoms with E-state index >= 15 is 0 Å². The first-order valence-corrected chi connectivity index (χ1v) is 12.0. The van der Waals surface area contributed by atoms with E-state index in [1.165, 1.54) is 16.4 Å². The number of nitrogens with zero attached hydrogens (tertiary/aromatic N) is 1. The van der Waals surface area contributed by atoms with E-state index in [0.29, 0.717) is 30.1 Å². The number of nitrogens with one attached hydrogen (secondary N) is 1. The van der Waals surface area contributed by atoms with Crippen LogP contribution in [0.3, 0.4) is 0 Å². The van der Waals surface area contributed by atoms with Crippen molar-refractivity contribution in [3.63, 3.8) is 0 Å². The van der Waals surface area contributed by atoms with E-state index < -0.39 is 10.0 Å². The summed E-state index contributed by atoms with van der Waals surface area (Å²) in [6.45, 7) is 8.43. The predicted molar refractivity (Wildman–Crippen MR) is 118 cm³/mol. The zero-order valence-electron chi connectivity index (χ0n) is 18.2. The third-order valence-corrected chi connectivity index (χ3v) is 7.77. The number of fused-ring (bicyclic) bond motifs is 1. The highest BCUT2D eigenvalue weighted by Gasteiger charge is 2.33. The van der Waals surface area contributed by atoms with Crippen LogP contribution in [0.5, 0.6) is 5.75 Å². The first-order valence-electron chi connectivity index (χ1n) is 10.5. The molecule has 1 saturated heterocycles. The van der Waals surface area contributed by atoms with Crippen LogP contribution in [0.4, 0.5) is 5.69 Å². The second-order valence-electron chi connectivity index (χ2n) is 8.39. The van der Waals surface area contributed by atoms with Gasteiger partial charge in [-0.25, -0.2) is 8.42 Å². The maximum Gasteiger partial charge on any atom is 0.259 e. The minimum Gasteiger partial charge on any atom is -0.489 e. The molecule has 2 aromatic rings. The number of hydrogen-bond acceptors (Lipinski definition) is 5. The summed E-state index contributed by atoms with van der Waals surface area (Å²) < 4.78 is 39.0. The highest BCUT2D eigenvalue weighted by molar-refractivity contribution is 7.89. The van der Waals surface area contributed by atoms with Crippen molar-refractivity contribution >= 4 is 21.6 Å². The van der Waals surface area contributed by atoms with Crippen LogP contribution in [0.2, 0.25) is 0 Å². The molecule has 2 heterocycles. The summed E-state index contributed by atoms with van der Waals surface area (Å²) in [6.07, 6.45) is -0.297. The molecule has 0 spiro atoms. The van der Waals surface area contributed by atoms with Crippen molar-refractivity contribution < 1.29 is 22.7 Å². The normalized spacial score (nSPS) is 26.2. The number of amides is 1. The molecule has 0 aromatic heterocycles. The molecule has 1 amide bonds. The lowest BCUT2D eigenvalue weighted by Crippen LogP contribution is -2.48. The molecular formula is C23H28N2O5S. The van der Waals surface area contributed by atoms with Gasteiger partial charge in [0.15, 0.2) is 0 Å². The first-order chi connectivity index (χ1) is 14.7. The molecule has 2 aliphatic rings. The highest BCUT2D eigenvalue weighted by Crippen LogP contribution is 2.40. The zero-order valence-corrected chi connectivity index (χ0v) is 19.0. The summed E-state index contributed by atoms with van der Waals surface area (Å²) in [7, 11) is -3.62. The molecule has 0 unspecified atom stereocenters. The smallest absolute Gasteiger partial charge is 0.259 e. The van der Waals surface area contributed by atoms with Crippen molar-refractivity contribution in [1.82, 2.24) is 4.31 Å². The van der Waals surface area contributed by atoms with Gasteiger partial charge in [-0.05, 0) is 51.1 Å². The van der Waals surface area contributed by atoms with Crippen LogP contribution in [0.1, 0.15) is 49.5 Å². The molecule has 1 N–H and O–H groups in total. The number of ether oxygens (including phenoxy) is 2. The van der Waals surface area contributed by atoms with Gasteiger partial charge in [-0.2, -0.15) is 4.31 Å². The van der Waals surface area contributed by atoms with E-state index in [0.717, 1.165) is 5.56 Å². The molecular weight excluding hydrogens is 416 g/mol. The summed E-state index contributed by atoms with van der Waals surface area (Å²) in [4.78, 5) is 13.0. The topological polar surface area (TPSA) is 84.9 Å². The van der Waals surface area contributed by atoms with Gasteiger partial charge in [0, 0.05) is 30.3 Å². The molecule has 7 nitrogen and oxygen atoms in total. The average molecular weight is 445 g/mol. The second kappa shape index (κ2) is 8.26. The van der Waals surface area contributed by atoms with Crippen LogP contribution in [-0.2, 0) is 14.8 Å². The van der Waals surface area contributed by atoms with Gasteiger partial charge in [0.2, 0.25) is 10.0 Å². The summed E-state index contributed by atoms with van der Waals surface area (Å²) in [5, 5.41) is 2.84. The van der Waals surface area contributed by atoms with Gasteiger partial charge in [0.25, 0.3) is 5.91 Å². The fraction of sp³-hybridized carbons (Fsp3) is 0.435. The van der Waals surface area contributed by atoms with Crippen molar-refractivity contribution in [1.29, 1.82) is 0 Å². The third kappa shape index (κ3) is 4.20. The van der Waals surface area contributed by atoms with Crippen LogP contribution in [-0.4, -0.2) is 50.0 Å². The SMILES string of the molecule is C[C@@H]1CN(S(=O)(=O)c2ccc(NC(=O)c3cccc4c3O[C@H](C)[C@H]4C)cc2)C[C@@H](C)O1. The molecule has 4 atom stereocenters. The highest BCUT2D eigenvalue weighted by atomic mass is 32.2. The monoisotopic (exact) mass is 444 g/mol. The van der Waals surface area contributed by atoms with Crippen molar-refractivity contribution in [3.8, 4) is 5.75 Å². The molecule has 0 saturated carbocycles. The Labute approximate surface area is 183 Å². The van der Waals surface area contributed by atoms with E-state index in [1.54, 1.807) is 18.2 Å². The number of morpholine rings is 1. The van der Waals surface area contributed by atoms with E-state index in [9.17, 15) is 13.2 Å². The van der Waals surface area contributed by atoms with Gasteiger partial charge >= 0.3 is 0 Å². The lowest BCUT2D eigenvalue weighted by Gasteiger charge is -2.34. The zero-order chi connectivity index (χ0) is 22.3. The number of carbonyl (C=O) groups excluding carboxylic acids is 1. The molecule has 4 rings (SSSR count). The second-order valence-corrected chi connectivity index (χ2v) is 10.3. The molecule has 31 heavy (non-hydrogen) atoms. The number of sulfonamides is 1. The van der Waals surface area contributed by atoms with Gasteiger partial charge < -0.3 is 14.8 Å². The maximum absolute atomic E-state index is 13.0. The van der Waals surface area contributed by atoms with Crippen LogP contribution in [0.25, 0.3) is 0 Å². The fourth-order valence-electron chi connectivity index (χ4n) is 4.15. The number of para-hydroxylation sites is 1. The Kier molecular flexibility index (Phi) is 5.81. The Morgan fingerprint density at radius 2 is 1.65 bits per heavy atom. The van der Waals surface area contributed by atoms with Gasteiger partial charge in [-0.1, -0.05) is 19.1 Å². The van der Waals surface area contributed by atoms with Gasteiger partial charge in [-0.3, -0.25) is 4.79 Å². The van der Waals surface area contributed by atoms with Gasteiger partial charge in [0.05, 0.1) is 22.7 Å². The minimum atomic E-state index is -3.62. The first kappa shape index (κ1) is 21.8. The van der Waals surface area contributed by atoms with E-state index in [4.69, 9.17) is 9.47 Å². The number of rotatable bonds is 4. The van der Waals surface area contributed by atoms with Crippen molar-refractivity contribution in [3.05, 3.63) is 53.6 Å². The van der Waals surface area contributed by atoms with Crippen LogP contribution in [0.15, 0.2) is 47.4 Å². The molecule has 0 bridgehead atoms. The van der Waals surface area contributed by atoms with Crippen LogP contribution < -0.4 is 10.1 Å². The molecule has 0 radical (unpaired) electrons. The van der Waals surface area contributed by atoms with Crippen LogP contribution in [0, 0.1) is 0 Å². The number of anilines is 1. The van der Waals surface area contributed by atoms with Gasteiger partial charge in [-0.15, -0.1) is 0 Å². The molecule has 8 heteroatoms. The summed E-state index contributed by atoms with van der Waals surface area (Å²) in [6, 6.07) is 11.8. The Hall–Kier alpha value is -2.42. The van der Waals surface area contributed by atoms with E-state index in [2.05, 4.69) is 12.2 Å². The Morgan fingerprint density at radius 1 is 1.00 bits per heavy atom. The molecule has 1 fully saturated rings. The third-order valence-electron chi connectivity index (χ3n) is 5.92. The quantitative estimate of drug-likeness (QED) is 0.779. The van der Waals surface area contributed by atoms with Crippen molar-refractivity contribution in [2.75, 3.05) is 18.4 Å². The number of hydrogen-bond donors (Lipinski definition) is 1. The molecule has 166 valence electrons. The van der Waals surface area contributed by atoms with Crippen molar-refractivity contribution in [2.45, 2.75) is 56.8 Å². The van der Waals surface area contributed by atoms with E-state index in [-0.39, 0.29) is 35.0 Å². The standard InChI is InChI=1S/C23H28N2O5S/c1-14-12-25(13-15(2)29-14)31(27,28)19-10-8-18(9-11-19)24-23(26)21-7-5-6-20-16(3)17(4)30-22(20)21/h5-11,14-17H,12-13H2,1-4H3,(H,24,26)/t14-,15-,16-,17-/m1/s1. The Morgan fingerprint density at radius 3 is 2.29 bits per heavy atom. The maximum atomic E-state index is 13.0. The summed E-state index contributed by atoms with van der Waals surface area (Å²) >= 11 is 0. The molecule has 2 aliphatic heterocycles. The lowest BCUT2D eigenvalue weighted by molar-refractivity contribution is -0.0440. The molecule has 2 aromatic carbocycles. The summed E-state index contributed by atoms with van der Waals surface area (Å²) in [5.41, 5.74) is 2.02. The largest absolute Gasteiger partial charge is 0.489 e. The van der Waals surface area contributed by atoms with Crippen LogP contribution >= 0.6 is 0 Å². The lowest BCUT2D eigenvalue weighted by atomic mass is 9.97. The Bertz CT molecular complexity index is 1070. The van der Waals surface area contributed by atoms with Crippen molar-refractivity contribution in [2.24, 2.45) is 0 Å². The predicted octanol–water partition coefficient (Wildman–Crippen LogP) is 3.62.